The van der Waals surface area contributed by atoms with Gasteiger partial charge in [0, 0.05) is 140 Å². The molecule has 0 bridgehead atoms. The van der Waals surface area contributed by atoms with Crippen LogP contribution in [-0.4, -0.2) is 129 Å². The van der Waals surface area contributed by atoms with Gasteiger partial charge >= 0.3 is 0 Å². The molecule has 0 aromatic rings. The Labute approximate surface area is 691 Å². The number of carbonyl (C=O) groups excluding carboxylic acids is 6. The first-order chi connectivity index (χ1) is 52.0. The number of nitrogens with zero attached hydrogens (tertiary/aromatic N) is 6. The maximum atomic E-state index is 13.2. The molecular weight excluding hydrogens is 1450 g/mol. The molecule has 12 nitrogen and oxygen atoms in total. The molecule has 13 aliphatic rings. The fourth-order valence-electron chi connectivity index (χ4n) is 22.1. The van der Waals surface area contributed by atoms with E-state index in [9.17, 15) is 28.8 Å². The van der Waals surface area contributed by atoms with E-state index in [1.165, 1.54) is 340 Å². The predicted octanol–water partition coefficient (Wildman–Crippen LogP) is 24.6. The van der Waals surface area contributed by atoms with Crippen LogP contribution in [0.25, 0.3) is 5.32 Å². The number of carbonyl (C=O) groups is 6. The van der Waals surface area contributed by atoms with Crippen LogP contribution in [0.15, 0.2) is 0 Å². The summed E-state index contributed by atoms with van der Waals surface area (Å²) in [6.07, 6.45) is 85.6. The van der Waals surface area contributed by atoms with Crippen molar-refractivity contribution in [2.45, 2.75) is 500 Å². The summed E-state index contributed by atoms with van der Waals surface area (Å²) < 4.78 is 0. The number of hydrogen-bond donors (Lipinski definition) is 0. The van der Waals surface area contributed by atoms with Crippen molar-refractivity contribution in [1.82, 2.24) is 24.5 Å². The average molecular weight is 1620 g/mol. The van der Waals surface area contributed by atoms with Gasteiger partial charge < -0.3 is 34.6 Å². The first-order valence-electron chi connectivity index (χ1n) is 47.7. The van der Waals surface area contributed by atoms with E-state index >= 15 is 0 Å². The fourth-order valence-corrected chi connectivity index (χ4v) is 22.1. The van der Waals surface area contributed by atoms with E-state index < -0.39 is 0 Å². The molecule has 0 spiro atoms. The molecule has 1 radical (unpaired) electrons. The number of unbranched alkanes of at least 4 members (excludes halogenated alkanes) is 1. The minimum Gasteiger partial charge on any atom is -0.650 e. The third-order valence-electron chi connectivity index (χ3n) is 28.7. The van der Waals surface area contributed by atoms with Gasteiger partial charge in [-0.3, -0.25) is 24.0 Å². The minimum atomic E-state index is 0. The number of rotatable bonds is 19. The summed E-state index contributed by atoms with van der Waals surface area (Å²) in [5, 5.41) is 4.42. The van der Waals surface area contributed by atoms with Gasteiger partial charge in [0.2, 0.25) is 29.5 Å². The monoisotopic (exact) mass is 1620 g/mol. The first-order valence-corrected chi connectivity index (χ1v) is 47.7. The summed E-state index contributed by atoms with van der Waals surface area (Å²) in [5.74, 6) is 4.72. The quantitative estimate of drug-likeness (QED) is 0.126. The van der Waals surface area contributed by atoms with E-state index in [0.717, 1.165) is 116 Å². The van der Waals surface area contributed by atoms with Crippen LogP contribution < -0.4 is 0 Å². The molecule has 13 heteroatoms. The molecule has 0 aliphatic heterocycles. The van der Waals surface area contributed by atoms with Crippen molar-refractivity contribution in [2.75, 3.05) is 26.7 Å². The second kappa shape index (κ2) is 54.9. The maximum absolute atomic E-state index is 13.2. The van der Waals surface area contributed by atoms with Crippen LogP contribution in [0, 0.1) is 76.8 Å². The minimum absolute atomic E-state index is 0. The molecule has 13 saturated carbocycles. The Bertz CT molecular complexity index is 2330. The van der Waals surface area contributed by atoms with Gasteiger partial charge in [0.25, 0.3) is 0 Å². The molecule has 0 N–H and O–H groups in total. The zero-order chi connectivity index (χ0) is 74.8. The summed E-state index contributed by atoms with van der Waals surface area (Å²) in [6.45, 7) is 9.49. The molecule has 13 rings (SSSR count). The molecule has 13 aliphatic carbocycles. The van der Waals surface area contributed by atoms with Crippen LogP contribution in [0.5, 0.6) is 0 Å². The molecule has 6 amide bonds. The van der Waals surface area contributed by atoms with Gasteiger partial charge in [-0.15, -0.1) is 6.04 Å². The molecule has 0 saturated heterocycles. The van der Waals surface area contributed by atoms with E-state index in [1.54, 1.807) is 0 Å². The Kier molecular flexibility index (Phi) is 47.4. The summed E-state index contributed by atoms with van der Waals surface area (Å²) in [5.41, 5.74) is 0. The largest absolute Gasteiger partial charge is 0.650 e. The van der Waals surface area contributed by atoms with Gasteiger partial charge in [-0.2, -0.15) is 0 Å². The van der Waals surface area contributed by atoms with Crippen molar-refractivity contribution in [3.63, 3.8) is 0 Å². The summed E-state index contributed by atoms with van der Waals surface area (Å²) in [7, 11) is 2.03. The summed E-state index contributed by atoms with van der Waals surface area (Å²) in [6, 6.07) is 3.76. The van der Waals surface area contributed by atoms with Crippen molar-refractivity contribution < 1.29 is 70.1 Å². The van der Waals surface area contributed by atoms with Crippen LogP contribution in [0.1, 0.15) is 457 Å². The molecule has 0 unspecified atom stereocenters. The standard InChI is InChI=1S/C19H33NO.C17H31NO.C16H29NO.C15H27NO.C14H25NO.C13H23NO.Pr/c21-19(16-10-4-1-5-11-16)20(17-12-6-2-7-13-17)18-14-8-3-9-15-18;1-2-3-14-18(16-12-8-5-9-13-16)17(19)15-10-6-4-7-11-15;1-2-13-17(15-11-7-4-8-12-15)16(18)14-9-5-3-6-10-14;1-2-16(14-11-7-4-8-12-14)15(17)13-9-5-3-6-10-13;1-15(13-10-6-3-7-11-13)14(16)12-8-4-2-5-9-12;15-13(11-7-3-1-4-8-11)14-12-9-5-2-6-10-12;/h16-18H,1-15H2;15-16H,2-14H2,1H3;14-15H,2-13H2,1H3;13-14H,2-12H2,1H3;12-13H,2-11H2,1H3;11-12H,1-10H2,(H,14,15);/p-1. The van der Waals surface area contributed by atoms with Gasteiger partial charge in [0.1, 0.15) is 0 Å². The molecule has 0 heterocycles. The third kappa shape index (κ3) is 32.4. The van der Waals surface area contributed by atoms with Crippen molar-refractivity contribution in [3.05, 3.63) is 5.32 Å². The Morgan fingerprint density at radius 2 is 0.495 bits per heavy atom. The van der Waals surface area contributed by atoms with E-state index in [0.29, 0.717) is 101 Å². The first kappa shape index (κ1) is 92.4. The number of amides is 6. The van der Waals surface area contributed by atoms with E-state index in [2.05, 4.69) is 50.6 Å². The van der Waals surface area contributed by atoms with Gasteiger partial charge in [-0.05, 0) is 174 Å². The number of hydrogen-bond acceptors (Lipinski definition) is 6. The van der Waals surface area contributed by atoms with E-state index in [4.69, 9.17) is 0 Å². The molecular formula is C94H167N6O6Pr-. The molecule has 0 aromatic heterocycles. The zero-order valence-corrected chi connectivity index (χ0v) is 74.1. The Hall–Kier alpha value is -1.82. The molecule has 613 valence electrons. The van der Waals surface area contributed by atoms with Crippen LogP contribution >= 0.6 is 0 Å². The van der Waals surface area contributed by atoms with Crippen molar-refractivity contribution in [2.24, 2.45) is 35.5 Å². The normalized spacial score (nSPS) is 24.0. The molecule has 0 aromatic carbocycles. The fraction of sp³-hybridized carbons (Fsp3) is 0.936. The smallest absolute Gasteiger partial charge is 0.226 e. The van der Waals surface area contributed by atoms with Gasteiger partial charge in [-0.25, -0.2) is 0 Å². The Morgan fingerprint density at radius 3 is 0.804 bits per heavy atom. The zero-order valence-electron chi connectivity index (χ0n) is 70.4. The predicted molar refractivity (Wildman–Crippen MR) is 442 cm³/mol. The van der Waals surface area contributed by atoms with Crippen LogP contribution in [0.4, 0.5) is 0 Å². The van der Waals surface area contributed by atoms with E-state index in [1.807, 2.05) is 7.05 Å². The Morgan fingerprint density at radius 1 is 0.252 bits per heavy atom. The summed E-state index contributed by atoms with van der Waals surface area (Å²) >= 11 is 0. The van der Waals surface area contributed by atoms with Crippen molar-refractivity contribution in [1.29, 1.82) is 0 Å². The van der Waals surface area contributed by atoms with Crippen LogP contribution in [0.3, 0.4) is 0 Å². The maximum Gasteiger partial charge on any atom is 0.226 e. The second-order valence-corrected chi connectivity index (χ2v) is 36.8. The van der Waals surface area contributed by atoms with Gasteiger partial charge in [0.05, 0.1) is 5.91 Å². The second-order valence-electron chi connectivity index (χ2n) is 36.8. The average Bonchev–Trinajstić information content (AvgIpc) is 0.864. The van der Waals surface area contributed by atoms with Crippen molar-refractivity contribution in [3.8, 4) is 0 Å². The van der Waals surface area contributed by atoms with Crippen LogP contribution in [0.2, 0.25) is 0 Å². The molecule has 107 heavy (non-hydrogen) atoms. The third-order valence-corrected chi connectivity index (χ3v) is 28.7. The SMILES string of the molecule is CCCCN(C(=O)C1CCCCC1)C1CCCCC1.CCCN(C(=O)C1CCCCC1)C1CCCCC1.CCN(C(=O)C1CCCCC1)C1CCCCC1.CN(C(=O)C1CCCCC1)C1CCCCC1.O=C(C1CCCCC1)N(C1CCCCC1)C1CCCCC1.O=C([N-]C1CCCCC1)C1CCCCC1.[Pr]. The van der Waals surface area contributed by atoms with E-state index in [-0.39, 0.29) is 53.1 Å². The molecule has 0 atom stereocenters. The molecule has 13 fully saturated rings. The topological polar surface area (TPSA) is 133 Å². The van der Waals surface area contributed by atoms with Gasteiger partial charge in [-0.1, -0.05) is 284 Å². The Balaban J connectivity index is 0.000000179. The summed E-state index contributed by atoms with van der Waals surface area (Å²) in [4.78, 5) is 86.8. The van der Waals surface area contributed by atoms with Gasteiger partial charge in [0.15, 0.2) is 0 Å². The van der Waals surface area contributed by atoms with Crippen LogP contribution in [-0.2, 0) is 28.8 Å². The van der Waals surface area contributed by atoms with Crippen molar-refractivity contribution >= 4 is 35.4 Å².